The van der Waals surface area contributed by atoms with Gasteiger partial charge in [-0.1, -0.05) is 0 Å². The van der Waals surface area contributed by atoms with Gasteiger partial charge in [-0.3, -0.25) is 9.13 Å². The fourth-order valence-corrected chi connectivity index (χ4v) is 2.28. The standard InChI is InChI=1S/C4H10O5P2/c5-10-7-3-1-2-4-8-11(6)9-10/h10-11H,1-4H2. The van der Waals surface area contributed by atoms with Crippen LogP contribution in [-0.4, -0.2) is 13.2 Å². The van der Waals surface area contributed by atoms with E-state index in [9.17, 15) is 9.13 Å². The van der Waals surface area contributed by atoms with E-state index in [0.717, 1.165) is 12.8 Å². The lowest BCUT2D eigenvalue weighted by atomic mass is 10.3. The van der Waals surface area contributed by atoms with Crippen LogP contribution < -0.4 is 0 Å². The molecule has 1 rings (SSSR count). The first kappa shape index (κ1) is 9.43. The Kier molecular flexibility index (Phi) is 4.34. The van der Waals surface area contributed by atoms with E-state index in [-0.39, 0.29) is 0 Å². The number of rotatable bonds is 0. The highest BCUT2D eigenvalue weighted by atomic mass is 31.2. The summed E-state index contributed by atoms with van der Waals surface area (Å²) in [6.07, 6.45) is 1.52. The van der Waals surface area contributed by atoms with Gasteiger partial charge in [0, 0.05) is 0 Å². The monoisotopic (exact) mass is 200 g/mol. The van der Waals surface area contributed by atoms with Gasteiger partial charge in [-0.25, -0.2) is 4.31 Å². The van der Waals surface area contributed by atoms with Crippen molar-refractivity contribution in [3.8, 4) is 0 Å². The molecule has 1 heterocycles. The maximum Gasteiger partial charge on any atom is 0.326 e. The summed E-state index contributed by atoms with van der Waals surface area (Å²) < 4.78 is 35.2. The molecule has 0 aromatic carbocycles. The van der Waals surface area contributed by atoms with Gasteiger partial charge in [-0.2, -0.15) is 0 Å². The van der Waals surface area contributed by atoms with Gasteiger partial charge in [-0.15, -0.1) is 0 Å². The van der Waals surface area contributed by atoms with Crippen molar-refractivity contribution >= 4 is 16.5 Å². The second kappa shape index (κ2) is 5.07. The molecule has 0 bridgehead atoms. The molecule has 2 unspecified atom stereocenters. The van der Waals surface area contributed by atoms with Gasteiger partial charge >= 0.3 is 16.5 Å². The van der Waals surface area contributed by atoms with Crippen molar-refractivity contribution in [3.63, 3.8) is 0 Å². The molecule has 1 fully saturated rings. The molecule has 0 spiro atoms. The Morgan fingerprint density at radius 2 is 1.36 bits per heavy atom. The van der Waals surface area contributed by atoms with E-state index in [2.05, 4.69) is 4.31 Å². The quantitative estimate of drug-likeness (QED) is 0.556. The lowest BCUT2D eigenvalue weighted by Crippen LogP contribution is -1.88. The summed E-state index contributed by atoms with van der Waals surface area (Å²) in [5, 5.41) is 0. The van der Waals surface area contributed by atoms with Crippen LogP contribution in [0, 0.1) is 0 Å². The molecule has 1 aliphatic rings. The van der Waals surface area contributed by atoms with Crippen LogP contribution in [0.5, 0.6) is 0 Å². The molecule has 11 heavy (non-hydrogen) atoms. The molecule has 7 heteroatoms. The van der Waals surface area contributed by atoms with Crippen molar-refractivity contribution in [2.24, 2.45) is 0 Å². The molecule has 0 N–H and O–H groups in total. The summed E-state index contributed by atoms with van der Waals surface area (Å²) in [5.41, 5.74) is 0. The highest BCUT2D eigenvalue weighted by Crippen LogP contribution is 2.40. The topological polar surface area (TPSA) is 61.8 Å². The summed E-state index contributed by atoms with van der Waals surface area (Å²) in [7, 11) is -5.13. The molecule has 2 atom stereocenters. The predicted molar refractivity (Wildman–Crippen MR) is 40.2 cm³/mol. The minimum atomic E-state index is -2.57. The molecule has 0 aromatic rings. The Morgan fingerprint density at radius 3 is 1.82 bits per heavy atom. The summed E-state index contributed by atoms with van der Waals surface area (Å²) >= 11 is 0. The highest BCUT2D eigenvalue weighted by molar-refractivity contribution is 7.47. The molecule has 0 aromatic heterocycles. The average molecular weight is 200 g/mol. The maximum absolute atomic E-state index is 10.7. The van der Waals surface area contributed by atoms with Crippen molar-refractivity contribution < 1.29 is 22.5 Å². The Hall–Kier alpha value is 0.340. The number of hydrogen-bond donors (Lipinski definition) is 0. The normalized spacial score (nSPS) is 35.3. The zero-order valence-electron chi connectivity index (χ0n) is 5.87. The molecule has 5 nitrogen and oxygen atoms in total. The van der Waals surface area contributed by atoms with E-state index in [0.29, 0.717) is 13.2 Å². The minimum absolute atomic E-state index is 0.385. The van der Waals surface area contributed by atoms with Crippen molar-refractivity contribution in [2.45, 2.75) is 12.8 Å². The van der Waals surface area contributed by atoms with Crippen LogP contribution in [0.25, 0.3) is 0 Å². The Balaban J connectivity index is 2.39. The van der Waals surface area contributed by atoms with Gasteiger partial charge in [0.15, 0.2) is 0 Å². The van der Waals surface area contributed by atoms with Gasteiger partial charge in [0.05, 0.1) is 13.2 Å². The first-order valence-corrected chi connectivity index (χ1v) is 5.75. The Labute approximate surface area is 65.9 Å². The predicted octanol–water partition coefficient (Wildman–Crippen LogP) is 1.61. The fraction of sp³-hybridized carbons (Fsp3) is 1.00. The molecule has 0 aliphatic carbocycles. The van der Waals surface area contributed by atoms with E-state index < -0.39 is 16.5 Å². The van der Waals surface area contributed by atoms with Crippen molar-refractivity contribution in [1.29, 1.82) is 0 Å². The van der Waals surface area contributed by atoms with Crippen LogP contribution in [-0.2, 0) is 22.5 Å². The molecule has 1 aliphatic heterocycles. The molecule has 66 valence electrons. The van der Waals surface area contributed by atoms with E-state index in [1.54, 1.807) is 0 Å². The first-order valence-electron chi connectivity index (χ1n) is 3.30. The maximum atomic E-state index is 10.7. The van der Waals surface area contributed by atoms with Crippen molar-refractivity contribution in [3.05, 3.63) is 0 Å². The first-order chi connectivity index (χ1) is 5.29. The van der Waals surface area contributed by atoms with Gasteiger partial charge in [-0.05, 0) is 12.8 Å². The van der Waals surface area contributed by atoms with Gasteiger partial charge in [0.1, 0.15) is 0 Å². The SMILES string of the molecule is O=[PH]1OCCCCO[PH](=O)O1. The smallest absolute Gasteiger partial charge is 0.310 e. The Morgan fingerprint density at radius 1 is 0.909 bits per heavy atom. The zero-order chi connectivity index (χ0) is 8.10. The molecular weight excluding hydrogens is 190 g/mol. The largest absolute Gasteiger partial charge is 0.326 e. The van der Waals surface area contributed by atoms with Crippen LogP contribution in [0.3, 0.4) is 0 Å². The van der Waals surface area contributed by atoms with Crippen LogP contribution >= 0.6 is 16.5 Å². The molecule has 0 radical (unpaired) electrons. The number of hydrogen-bond acceptors (Lipinski definition) is 5. The summed E-state index contributed by atoms with van der Waals surface area (Å²) in [6.45, 7) is 0.770. The van der Waals surface area contributed by atoms with Crippen LogP contribution in [0.2, 0.25) is 0 Å². The lowest BCUT2D eigenvalue weighted by Gasteiger charge is -2.00. The van der Waals surface area contributed by atoms with E-state index in [1.165, 1.54) is 0 Å². The minimum Gasteiger partial charge on any atom is -0.310 e. The third-order valence-corrected chi connectivity index (χ3v) is 3.36. The van der Waals surface area contributed by atoms with Crippen LogP contribution in [0.15, 0.2) is 0 Å². The molecule has 0 amide bonds. The van der Waals surface area contributed by atoms with Gasteiger partial charge in [0.2, 0.25) is 0 Å². The third kappa shape index (κ3) is 4.04. The third-order valence-electron chi connectivity index (χ3n) is 1.15. The Bertz CT molecular complexity index is 152. The second-order valence-electron chi connectivity index (χ2n) is 2.01. The second-order valence-corrected chi connectivity index (χ2v) is 4.40. The van der Waals surface area contributed by atoms with Gasteiger partial charge in [0.25, 0.3) is 0 Å². The fourth-order valence-electron chi connectivity index (χ4n) is 0.642. The molecule has 0 saturated carbocycles. The van der Waals surface area contributed by atoms with Gasteiger partial charge < -0.3 is 9.05 Å². The summed E-state index contributed by atoms with van der Waals surface area (Å²) in [4.78, 5) is 0. The highest BCUT2D eigenvalue weighted by Gasteiger charge is 2.08. The van der Waals surface area contributed by atoms with Crippen molar-refractivity contribution in [1.82, 2.24) is 0 Å². The van der Waals surface area contributed by atoms with Crippen LogP contribution in [0.4, 0.5) is 0 Å². The summed E-state index contributed by atoms with van der Waals surface area (Å²) in [6, 6.07) is 0. The lowest BCUT2D eigenvalue weighted by molar-refractivity contribution is 0.282. The summed E-state index contributed by atoms with van der Waals surface area (Å²) in [5.74, 6) is 0. The van der Waals surface area contributed by atoms with E-state index >= 15 is 0 Å². The average Bonchev–Trinajstić information content (AvgIpc) is 2.02. The van der Waals surface area contributed by atoms with E-state index in [1.807, 2.05) is 0 Å². The van der Waals surface area contributed by atoms with Crippen LogP contribution in [0.1, 0.15) is 12.8 Å². The van der Waals surface area contributed by atoms with Crippen molar-refractivity contribution in [2.75, 3.05) is 13.2 Å². The van der Waals surface area contributed by atoms with E-state index in [4.69, 9.17) is 9.05 Å². The molecule has 1 saturated heterocycles. The molecular formula is C4H10O5P2. The zero-order valence-corrected chi connectivity index (χ0v) is 7.87.